The maximum Gasteiger partial charge on any atom is 0.233 e. The lowest BCUT2D eigenvalue weighted by Gasteiger charge is -2.05. The maximum atomic E-state index is 12.1. The molecule has 0 aliphatic rings. The molecule has 6 nitrogen and oxygen atoms in total. The van der Waals surface area contributed by atoms with Gasteiger partial charge in [0.1, 0.15) is 11.4 Å². The summed E-state index contributed by atoms with van der Waals surface area (Å²) in [6.45, 7) is 1.00. The van der Waals surface area contributed by atoms with E-state index in [-0.39, 0.29) is 5.78 Å². The van der Waals surface area contributed by atoms with Crippen molar-refractivity contribution in [3.05, 3.63) is 28.3 Å². The van der Waals surface area contributed by atoms with Gasteiger partial charge >= 0.3 is 0 Å². The molecule has 0 aromatic carbocycles. The summed E-state index contributed by atoms with van der Waals surface area (Å²) >= 11 is 4.31. The molecule has 0 aliphatic carbocycles. The van der Waals surface area contributed by atoms with Gasteiger partial charge in [0.05, 0.1) is 41.7 Å². The largest absolute Gasteiger partial charge is 0.383 e. The van der Waals surface area contributed by atoms with Crippen molar-refractivity contribution in [1.82, 2.24) is 18.5 Å². The van der Waals surface area contributed by atoms with Crippen molar-refractivity contribution in [3.8, 4) is 0 Å². The van der Waals surface area contributed by atoms with Crippen LogP contribution in [0.5, 0.6) is 0 Å². The molecule has 2 rings (SSSR count). The van der Waals surface area contributed by atoms with Gasteiger partial charge in [-0.05, 0) is 15.9 Å². The van der Waals surface area contributed by atoms with E-state index in [1.807, 2.05) is 0 Å². The molecule has 0 bridgehead atoms. The van der Waals surface area contributed by atoms with Crippen LogP contribution in [0.3, 0.4) is 0 Å². The Morgan fingerprint density at radius 3 is 3.06 bits per heavy atom. The number of carbonyl (C=O) groups excluding carboxylic acids is 1. The molecule has 0 fully saturated rings. The minimum absolute atomic E-state index is 0.195. The minimum Gasteiger partial charge on any atom is -0.383 e. The van der Waals surface area contributed by atoms with Crippen LogP contribution in [0.2, 0.25) is 0 Å². The molecule has 0 radical (unpaired) electrons. The summed E-state index contributed by atoms with van der Waals surface area (Å²) in [5, 5.41) is 4.11. The molecular weight excluding hydrogens is 308 g/mol. The molecule has 0 unspecified atom stereocenters. The second-order valence-electron chi connectivity index (χ2n) is 3.18. The van der Waals surface area contributed by atoms with Crippen molar-refractivity contribution in [3.63, 3.8) is 0 Å². The molecule has 8 heteroatoms. The zero-order chi connectivity index (χ0) is 12.3. The van der Waals surface area contributed by atoms with E-state index >= 15 is 0 Å². The molecule has 0 spiro atoms. The highest BCUT2D eigenvalue weighted by molar-refractivity contribution is 9.10. The number of ketones is 1. The van der Waals surface area contributed by atoms with E-state index in [1.165, 1.54) is 6.20 Å². The predicted octanol–water partition coefficient (Wildman–Crippen LogP) is 1.37. The Hall–Kier alpha value is -1.12. The summed E-state index contributed by atoms with van der Waals surface area (Å²) in [5.74, 6) is -0.195. The lowest BCUT2D eigenvalue weighted by molar-refractivity contribution is 0.102. The quantitative estimate of drug-likeness (QED) is 0.779. The Morgan fingerprint density at radius 2 is 2.41 bits per heavy atom. The monoisotopic (exact) mass is 316 g/mol. The molecule has 2 heterocycles. The zero-order valence-electron chi connectivity index (χ0n) is 8.96. The van der Waals surface area contributed by atoms with E-state index in [9.17, 15) is 4.79 Å². The van der Waals surface area contributed by atoms with E-state index in [4.69, 9.17) is 4.74 Å². The van der Waals surface area contributed by atoms with Crippen molar-refractivity contribution in [2.75, 3.05) is 13.7 Å². The van der Waals surface area contributed by atoms with Gasteiger partial charge < -0.3 is 4.74 Å². The number of rotatable bonds is 5. The van der Waals surface area contributed by atoms with E-state index in [1.54, 1.807) is 18.0 Å². The minimum atomic E-state index is -0.195. The van der Waals surface area contributed by atoms with Crippen LogP contribution in [0, 0.1) is 0 Å². The Morgan fingerprint density at radius 1 is 1.59 bits per heavy atom. The fraction of sp³-hybridized carbons (Fsp3) is 0.333. The van der Waals surface area contributed by atoms with E-state index in [0.717, 1.165) is 11.7 Å². The van der Waals surface area contributed by atoms with E-state index < -0.39 is 0 Å². The fourth-order valence-corrected chi connectivity index (χ4v) is 2.21. The fourth-order valence-electron chi connectivity index (χ4n) is 1.32. The van der Waals surface area contributed by atoms with Gasteiger partial charge in [0.15, 0.2) is 0 Å². The smallest absolute Gasteiger partial charge is 0.233 e. The van der Waals surface area contributed by atoms with Crippen molar-refractivity contribution in [1.29, 1.82) is 0 Å². The number of hydrogen-bond donors (Lipinski definition) is 0. The third kappa shape index (κ3) is 2.59. The number of nitrogens with zero attached hydrogens (tertiary/aromatic N) is 4. The second kappa shape index (κ2) is 5.48. The van der Waals surface area contributed by atoms with Crippen LogP contribution in [0.4, 0.5) is 0 Å². The summed E-state index contributed by atoms with van der Waals surface area (Å²) in [5.41, 5.74) is 0.796. The SMILES string of the molecule is COCCn1ncc(Br)c1C(=O)c1cnsn1. The van der Waals surface area contributed by atoms with Crippen molar-refractivity contribution in [2.45, 2.75) is 6.54 Å². The Balaban J connectivity index is 2.31. The highest BCUT2D eigenvalue weighted by Crippen LogP contribution is 2.19. The molecule has 0 N–H and O–H groups in total. The third-order valence-corrected chi connectivity index (χ3v) is 3.17. The zero-order valence-corrected chi connectivity index (χ0v) is 11.4. The molecule has 0 aliphatic heterocycles. The first-order valence-corrected chi connectivity index (χ1v) is 6.29. The van der Waals surface area contributed by atoms with Crippen LogP contribution in [0.1, 0.15) is 16.2 Å². The van der Waals surface area contributed by atoms with Crippen molar-refractivity contribution >= 4 is 33.4 Å². The molecule has 2 aromatic heterocycles. The van der Waals surface area contributed by atoms with Gasteiger partial charge in [0.25, 0.3) is 0 Å². The van der Waals surface area contributed by atoms with Crippen molar-refractivity contribution in [2.24, 2.45) is 0 Å². The number of ether oxygens (including phenoxy) is 1. The molecule has 0 saturated carbocycles. The van der Waals surface area contributed by atoms with Gasteiger partial charge in [-0.2, -0.15) is 13.8 Å². The van der Waals surface area contributed by atoms with Gasteiger partial charge in [-0.15, -0.1) is 0 Å². The number of carbonyl (C=O) groups is 1. The molecule has 0 atom stereocenters. The first-order chi connectivity index (χ1) is 8.24. The topological polar surface area (TPSA) is 69.9 Å². The third-order valence-electron chi connectivity index (χ3n) is 2.11. The molecule has 17 heavy (non-hydrogen) atoms. The van der Waals surface area contributed by atoms with Gasteiger partial charge in [0.2, 0.25) is 5.78 Å². The lowest BCUT2D eigenvalue weighted by Crippen LogP contribution is -2.15. The number of halogens is 1. The first-order valence-electron chi connectivity index (χ1n) is 4.76. The lowest BCUT2D eigenvalue weighted by atomic mass is 10.2. The Labute approximate surface area is 110 Å². The molecule has 0 saturated heterocycles. The average Bonchev–Trinajstić information content (AvgIpc) is 2.95. The van der Waals surface area contributed by atoms with Crippen molar-refractivity contribution < 1.29 is 9.53 Å². The summed E-state index contributed by atoms with van der Waals surface area (Å²) in [7, 11) is 1.60. The summed E-state index contributed by atoms with van der Waals surface area (Å²) in [4.78, 5) is 12.1. The van der Waals surface area contributed by atoms with E-state index in [0.29, 0.717) is 29.0 Å². The van der Waals surface area contributed by atoms with E-state index in [2.05, 4.69) is 29.8 Å². The van der Waals surface area contributed by atoms with Crippen LogP contribution in [-0.4, -0.2) is 38.0 Å². The standard InChI is InChI=1S/C9H9BrN4O2S/c1-16-3-2-14-8(6(10)4-11-14)9(15)7-5-12-17-13-7/h4-5H,2-3H2,1H3. The van der Waals surface area contributed by atoms with Gasteiger partial charge in [-0.1, -0.05) is 0 Å². The van der Waals surface area contributed by atoms with Crippen LogP contribution in [0.15, 0.2) is 16.9 Å². The average molecular weight is 317 g/mol. The molecule has 0 amide bonds. The second-order valence-corrected chi connectivity index (χ2v) is 4.59. The summed E-state index contributed by atoms with van der Waals surface area (Å²) < 4.78 is 14.9. The summed E-state index contributed by atoms with van der Waals surface area (Å²) in [6.07, 6.45) is 3.04. The Kier molecular flexibility index (Phi) is 3.97. The normalized spacial score (nSPS) is 10.7. The van der Waals surface area contributed by atoms with Crippen LogP contribution in [0.25, 0.3) is 0 Å². The summed E-state index contributed by atoms with van der Waals surface area (Å²) in [6, 6.07) is 0. The van der Waals surface area contributed by atoms with Gasteiger partial charge in [-0.3, -0.25) is 9.48 Å². The Bertz CT molecular complexity index is 511. The molecule has 2 aromatic rings. The number of hydrogen-bond acceptors (Lipinski definition) is 6. The number of aromatic nitrogens is 4. The predicted molar refractivity (Wildman–Crippen MR) is 65.1 cm³/mol. The maximum absolute atomic E-state index is 12.1. The van der Waals surface area contributed by atoms with Gasteiger partial charge in [0, 0.05) is 7.11 Å². The van der Waals surface area contributed by atoms with Crippen LogP contribution >= 0.6 is 27.7 Å². The van der Waals surface area contributed by atoms with Gasteiger partial charge in [-0.25, -0.2) is 0 Å². The highest BCUT2D eigenvalue weighted by Gasteiger charge is 2.20. The number of methoxy groups -OCH3 is 1. The first kappa shape index (κ1) is 12.3. The van der Waals surface area contributed by atoms with Crippen LogP contribution < -0.4 is 0 Å². The molecule has 90 valence electrons. The highest BCUT2D eigenvalue weighted by atomic mass is 79.9. The van der Waals surface area contributed by atoms with Crippen LogP contribution in [-0.2, 0) is 11.3 Å². The molecular formula is C9H9BrN4O2S.